The molecule has 12 atom stereocenters. The van der Waals surface area contributed by atoms with Crippen LogP contribution >= 0.6 is 0 Å². The third kappa shape index (κ3) is 46.7. The molecule has 72 heavy (non-hydrogen) atoms. The van der Waals surface area contributed by atoms with Crippen molar-refractivity contribution in [2.45, 2.75) is 249 Å². The molecule has 0 aromatic carbocycles. The van der Waals surface area contributed by atoms with Crippen LogP contribution in [0.2, 0.25) is 0 Å². The Balaban J connectivity index is -0.00000101. The number of rotatable bonds is 47. The zero-order valence-corrected chi connectivity index (χ0v) is 50.3. The Morgan fingerprint density at radius 1 is 0.347 bits per heavy atom. The van der Waals surface area contributed by atoms with Crippen molar-refractivity contribution in [3.05, 3.63) is 0 Å². The summed E-state index contributed by atoms with van der Waals surface area (Å²) in [6, 6.07) is 0.335. The van der Waals surface area contributed by atoms with Crippen molar-refractivity contribution < 1.29 is 47.4 Å². The van der Waals surface area contributed by atoms with Crippen molar-refractivity contribution in [3.8, 4) is 0 Å². The lowest BCUT2D eigenvalue weighted by atomic mass is 9.81. The molecule has 0 bridgehead atoms. The van der Waals surface area contributed by atoms with Crippen molar-refractivity contribution in [2.75, 3.05) is 99.1 Å². The molecule has 0 rings (SSSR count). The van der Waals surface area contributed by atoms with Crippen LogP contribution in [0.25, 0.3) is 0 Å². The van der Waals surface area contributed by atoms with Crippen molar-refractivity contribution in [2.24, 2.45) is 51.3 Å². The molecule has 0 saturated heterocycles. The molecule has 0 amide bonds. The summed E-state index contributed by atoms with van der Waals surface area (Å²) in [4.78, 5) is 0. The largest absolute Gasteiger partial charge is 0.379 e. The highest BCUT2D eigenvalue weighted by Gasteiger charge is 2.31. The van der Waals surface area contributed by atoms with Gasteiger partial charge in [-0.15, -0.1) is 0 Å². The van der Waals surface area contributed by atoms with Gasteiger partial charge in [0, 0.05) is 53.6 Å². The lowest BCUT2D eigenvalue weighted by Gasteiger charge is -2.33. The van der Waals surface area contributed by atoms with Crippen molar-refractivity contribution in [1.82, 2.24) is 0 Å². The van der Waals surface area contributed by atoms with Gasteiger partial charge < -0.3 is 76.0 Å². The maximum Gasteiger partial charge on any atom is 0.0781 e. The summed E-state index contributed by atoms with van der Waals surface area (Å²) in [6.07, 6.45) is 12.8. The molecule has 0 fully saturated rings. The molecule has 0 aromatic heterocycles. The quantitative estimate of drug-likeness (QED) is 0.0383. The van der Waals surface area contributed by atoms with Gasteiger partial charge in [-0.1, -0.05) is 87.5 Å². The van der Waals surface area contributed by atoms with Gasteiger partial charge in [0.05, 0.1) is 123 Å². The van der Waals surface area contributed by atoms with E-state index in [1.807, 2.05) is 55.4 Å². The topological polar surface area (TPSA) is 222 Å². The number of unbranched alkanes of at least 4 members (excludes halogenated alkanes) is 2. The summed E-state index contributed by atoms with van der Waals surface area (Å²) in [5.41, 5.74) is 28.7. The molecule has 15 nitrogen and oxygen atoms in total. The Hall–Kier alpha value is -0.600. The minimum absolute atomic E-state index is 0.0395. The number of hydrogen-bond acceptors (Lipinski definition) is 15. The molecule has 0 aromatic rings. The van der Waals surface area contributed by atoms with Crippen molar-refractivity contribution in [3.63, 3.8) is 0 Å². The van der Waals surface area contributed by atoms with Crippen LogP contribution in [0.15, 0.2) is 0 Å². The summed E-state index contributed by atoms with van der Waals surface area (Å²) in [5.74, 6) is 0.981. The van der Waals surface area contributed by atoms with Crippen LogP contribution in [-0.2, 0) is 47.4 Å². The van der Waals surface area contributed by atoms with Gasteiger partial charge in [0.1, 0.15) is 0 Å². The summed E-state index contributed by atoms with van der Waals surface area (Å²) in [5, 5.41) is 0. The SMILES string of the molecule is CCCC(OCC(C)N)C(CC)COCC(C)N.CCCCC(CC)(COCC(C)OCC(C)C)COCC(C)OCC(C)N.CCCCC(CC)(COCC(C)OCC(C)N)COCC(C)OCC(C)N. The molecule has 15 heteroatoms. The minimum atomic E-state index is 0.0395. The molecular weight excluding hydrogens is 915 g/mol. The molecule has 0 aliphatic heterocycles. The highest BCUT2D eigenvalue weighted by atomic mass is 16.6. The van der Waals surface area contributed by atoms with Crippen LogP contribution in [0.5, 0.6) is 0 Å². The third-order valence-electron chi connectivity index (χ3n) is 12.2. The average Bonchev–Trinajstić information content (AvgIpc) is 3.32. The van der Waals surface area contributed by atoms with E-state index in [-0.39, 0.29) is 71.6 Å². The second-order valence-corrected chi connectivity index (χ2v) is 22.2. The fourth-order valence-electron chi connectivity index (χ4n) is 7.41. The molecule has 0 spiro atoms. The predicted octanol–water partition coefficient (Wildman–Crippen LogP) is 9.44. The van der Waals surface area contributed by atoms with E-state index in [0.29, 0.717) is 97.7 Å². The third-order valence-corrected chi connectivity index (χ3v) is 12.2. The molecule has 0 heterocycles. The average molecular weight is 1040 g/mol. The zero-order valence-electron chi connectivity index (χ0n) is 50.3. The summed E-state index contributed by atoms with van der Waals surface area (Å²) in [6.45, 7) is 45.1. The molecule has 0 aliphatic carbocycles. The van der Waals surface area contributed by atoms with Crippen LogP contribution in [0.1, 0.15) is 188 Å². The number of ether oxygens (including phenoxy) is 10. The molecular formula is C57H125N5O10. The monoisotopic (exact) mass is 1040 g/mol. The number of nitrogens with two attached hydrogens (primary N) is 5. The van der Waals surface area contributed by atoms with Gasteiger partial charge in [0.15, 0.2) is 0 Å². The van der Waals surface area contributed by atoms with Crippen LogP contribution < -0.4 is 28.7 Å². The van der Waals surface area contributed by atoms with Gasteiger partial charge in [-0.2, -0.15) is 0 Å². The molecule has 438 valence electrons. The standard InChI is InChI=1S/C22H47NO4.C21H46N2O4.C14H32N2O2/c1-8-10-11-22(9-2,16-24-14-20(6)26-12-18(3)4)17-25-15-21(7)27-13-19(5)23;1-7-9-10-21(8-2,15-24-13-19(5)26-11-17(3)22)16-25-14-20(6)27-12-18(4)23;1-5-7-14(18-9-12(4)16)13(6-2)10-17-8-11(3)15/h18-21H,8-17,23H2,1-7H3;17-20H,7-16,22-23H2,1-6H3;11-14H,5-10,15-16H2,1-4H3. The Bertz CT molecular complexity index is 1010. The van der Waals surface area contributed by atoms with E-state index in [1.54, 1.807) is 0 Å². The molecule has 10 N–H and O–H groups in total. The first-order chi connectivity index (χ1) is 34.0. The maximum atomic E-state index is 6.06. The minimum Gasteiger partial charge on any atom is -0.379 e. The zero-order chi connectivity index (χ0) is 55.4. The van der Waals surface area contributed by atoms with E-state index in [4.69, 9.17) is 76.0 Å². The fourth-order valence-corrected chi connectivity index (χ4v) is 7.41. The second-order valence-electron chi connectivity index (χ2n) is 22.2. The summed E-state index contributed by atoms with van der Waals surface area (Å²) < 4.78 is 58.6. The molecule has 0 radical (unpaired) electrons. The van der Waals surface area contributed by atoms with Crippen LogP contribution in [0.3, 0.4) is 0 Å². The summed E-state index contributed by atoms with van der Waals surface area (Å²) >= 11 is 0. The lowest BCUT2D eigenvalue weighted by Crippen LogP contribution is -2.35. The smallest absolute Gasteiger partial charge is 0.0781 e. The highest BCUT2D eigenvalue weighted by molar-refractivity contribution is 4.80. The molecule has 12 unspecified atom stereocenters. The highest BCUT2D eigenvalue weighted by Crippen LogP contribution is 2.31. The van der Waals surface area contributed by atoms with Gasteiger partial charge in [0.25, 0.3) is 0 Å². The maximum absolute atomic E-state index is 6.06. The lowest BCUT2D eigenvalue weighted by molar-refractivity contribution is -0.0800. The molecule has 0 aliphatic rings. The van der Waals surface area contributed by atoms with E-state index in [2.05, 4.69) is 62.3 Å². The van der Waals surface area contributed by atoms with E-state index in [9.17, 15) is 0 Å². The van der Waals surface area contributed by atoms with Crippen molar-refractivity contribution >= 4 is 0 Å². The van der Waals surface area contributed by atoms with Crippen molar-refractivity contribution in [1.29, 1.82) is 0 Å². The van der Waals surface area contributed by atoms with E-state index in [0.717, 1.165) is 58.2 Å². The Morgan fingerprint density at radius 3 is 0.931 bits per heavy atom. The first-order valence-electron chi connectivity index (χ1n) is 28.7. The fraction of sp³-hybridized carbons (Fsp3) is 1.00. The van der Waals surface area contributed by atoms with Crippen LogP contribution in [-0.4, -0.2) is 160 Å². The Morgan fingerprint density at radius 2 is 0.667 bits per heavy atom. The Labute approximate surface area is 445 Å². The van der Waals surface area contributed by atoms with Gasteiger partial charge in [0.2, 0.25) is 0 Å². The van der Waals surface area contributed by atoms with E-state index in [1.165, 1.54) is 25.7 Å². The second kappa shape index (κ2) is 48.7. The van der Waals surface area contributed by atoms with E-state index >= 15 is 0 Å². The Kier molecular flexibility index (Phi) is 51.2. The van der Waals surface area contributed by atoms with Gasteiger partial charge in [-0.05, 0) is 107 Å². The predicted molar refractivity (Wildman–Crippen MR) is 302 cm³/mol. The normalized spacial score (nSPS) is 18.2. The van der Waals surface area contributed by atoms with Crippen LogP contribution in [0, 0.1) is 22.7 Å². The van der Waals surface area contributed by atoms with E-state index < -0.39 is 0 Å². The first-order valence-corrected chi connectivity index (χ1v) is 28.7. The van der Waals surface area contributed by atoms with Gasteiger partial charge in [-0.3, -0.25) is 0 Å². The first kappa shape index (κ1) is 75.6. The molecule has 0 saturated carbocycles. The van der Waals surface area contributed by atoms with Gasteiger partial charge >= 0.3 is 0 Å². The van der Waals surface area contributed by atoms with Crippen LogP contribution in [0.4, 0.5) is 0 Å². The number of hydrogen-bond donors (Lipinski definition) is 5. The summed E-state index contributed by atoms with van der Waals surface area (Å²) in [7, 11) is 0. The van der Waals surface area contributed by atoms with Gasteiger partial charge in [-0.25, -0.2) is 0 Å².